The topological polar surface area (TPSA) is 149 Å². The average Bonchev–Trinajstić information content (AvgIpc) is 3.00. The molecule has 1 fully saturated rings. The van der Waals surface area contributed by atoms with Gasteiger partial charge in [-0.15, -0.1) is 0 Å². The number of anilines is 1. The van der Waals surface area contributed by atoms with E-state index in [0.29, 0.717) is 36.6 Å². The Labute approximate surface area is 139 Å². The van der Waals surface area contributed by atoms with Crippen LogP contribution in [0, 0.1) is 6.92 Å². The number of rotatable bonds is 5. The maximum absolute atomic E-state index is 10.5. The van der Waals surface area contributed by atoms with Gasteiger partial charge in [0.25, 0.3) is 0 Å². The maximum Gasteiger partial charge on any atom is 0.167 e. The number of hydrogen-bond acceptors (Lipinski definition) is 9. The highest BCUT2D eigenvalue weighted by molar-refractivity contribution is 5.81. The predicted octanol–water partition coefficient (Wildman–Crippen LogP) is -1.77. The van der Waals surface area contributed by atoms with E-state index in [4.69, 9.17) is 16.2 Å². The minimum atomic E-state index is -1.10. The summed E-state index contributed by atoms with van der Waals surface area (Å²) < 4.78 is 7.56. The molecule has 4 atom stereocenters. The van der Waals surface area contributed by atoms with Gasteiger partial charge in [-0.2, -0.15) is 0 Å². The van der Waals surface area contributed by atoms with E-state index >= 15 is 0 Å². The van der Waals surface area contributed by atoms with Crippen molar-refractivity contribution in [2.75, 3.05) is 32.4 Å². The number of likely N-dealkylation sites (N-methyl/N-ethyl adjacent to an activating group) is 1. The summed E-state index contributed by atoms with van der Waals surface area (Å²) in [4.78, 5) is 14.4. The molecule has 3 rings (SSSR count). The minimum Gasteiger partial charge on any atom is -0.387 e. The van der Waals surface area contributed by atoms with Gasteiger partial charge in [-0.05, 0) is 14.0 Å². The molecule has 24 heavy (non-hydrogen) atoms. The van der Waals surface area contributed by atoms with Crippen LogP contribution in [0.4, 0.5) is 5.82 Å². The van der Waals surface area contributed by atoms with Crippen LogP contribution in [0.2, 0.25) is 0 Å². The highest BCUT2D eigenvalue weighted by atomic mass is 16.6. The van der Waals surface area contributed by atoms with Crippen LogP contribution in [0.5, 0.6) is 0 Å². The molecular formula is C14H23N7O3. The monoisotopic (exact) mass is 337 g/mol. The van der Waals surface area contributed by atoms with E-state index < -0.39 is 24.5 Å². The Bertz CT molecular complexity index is 722. The van der Waals surface area contributed by atoms with E-state index in [1.165, 1.54) is 6.33 Å². The number of aliphatic hydroxyl groups excluding tert-OH is 2. The predicted molar refractivity (Wildman–Crippen MR) is 86.9 cm³/mol. The van der Waals surface area contributed by atoms with Gasteiger partial charge >= 0.3 is 0 Å². The van der Waals surface area contributed by atoms with Crippen LogP contribution in [0.1, 0.15) is 12.1 Å². The molecule has 0 saturated carbocycles. The summed E-state index contributed by atoms with van der Waals surface area (Å²) in [5.74, 6) is 0.832. The standard InChI is InChI=1S/C14H23N7O3/c1-7-19-9-12(16)17-6-18-13(9)21(7)14-11(23)10(22)8(24-14)5-20(2)4-3-15/h6,8,10-11,14,22-23H,3-5,15H2,1-2H3,(H2,16,17,18)/t8-,10?,11?,14-/m1/s1. The molecule has 1 aliphatic heterocycles. The van der Waals surface area contributed by atoms with Gasteiger partial charge in [0.05, 0.1) is 0 Å². The van der Waals surface area contributed by atoms with Crippen LogP contribution in [0.15, 0.2) is 6.33 Å². The third-order valence-corrected chi connectivity index (χ3v) is 4.28. The summed E-state index contributed by atoms with van der Waals surface area (Å²) in [5, 5.41) is 20.8. The Morgan fingerprint density at radius 1 is 1.33 bits per heavy atom. The van der Waals surface area contributed by atoms with E-state index in [9.17, 15) is 10.2 Å². The van der Waals surface area contributed by atoms with Gasteiger partial charge < -0.3 is 31.3 Å². The number of nitrogens with two attached hydrogens (primary N) is 2. The third-order valence-electron chi connectivity index (χ3n) is 4.28. The number of ether oxygens (including phenoxy) is 1. The molecule has 2 aromatic heterocycles. The summed E-state index contributed by atoms with van der Waals surface area (Å²) in [6, 6.07) is 0. The van der Waals surface area contributed by atoms with Crippen molar-refractivity contribution in [2.24, 2.45) is 5.73 Å². The molecule has 6 N–H and O–H groups in total. The Hall–Kier alpha value is -1.85. The molecule has 10 heteroatoms. The lowest BCUT2D eigenvalue weighted by Crippen LogP contribution is -2.40. The first kappa shape index (κ1) is 17.0. The second kappa shape index (κ2) is 6.57. The van der Waals surface area contributed by atoms with Crippen molar-refractivity contribution in [1.82, 2.24) is 24.4 Å². The zero-order valence-electron chi connectivity index (χ0n) is 13.7. The lowest BCUT2D eigenvalue weighted by Gasteiger charge is -2.22. The summed E-state index contributed by atoms with van der Waals surface area (Å²) >= 11 is 0. The normalized spacial score (nSPS) is 27.4. The van der Waals surface area contributed by atoms with Crippen molar-refractivity contribution < 1.29 is 14.9 Å². The zero-order valence-corrected chi connectivity index (χ0v) is 13.7. The highest BCUT2D eigenvalue weighted by Gasteiger charge is 2.45. The Balaban J connectivity index is 1.90. The number of aromatic nitrogens is 4. The fourth-order valence-electron chi connectivity index (χ4n) is 3.05. The van der Waals surface area contributed by atoms with Gasteiger partial charge in [-0.1, -0.05) is 0 Å². The van der Waals surface area contributed by atoms with E-state index in [2.05, 4.69) is 15.0 Å². The summed E-state index contributed by atoms with van der Waals surface area (Å²) in [6.45, 7) is 3.39. The summed E-state index contributed by atoms with van der Waals surface area (Å²) in [6.07, 6.45) is -2.13. The second-order valence-electron chi connectivity index (χ2n) is 6.06. The first-order valence-corrected chi connectivity index (χ1v) is 7.79. The number of hydrogen-bond donors (Lipinski definition) is 4. The number of fused-ring (bicyclic) bond motifs is 1. The fourth-order valence-corrected chi connectivity index (χ4v) is 3.05. The van der Waals surface area contributed by atoms with Crippen molar-refractivity contribution in [3.63, 3.8) is 0 Å². The number of nitrogen functional groups attached to an aromatic ring is 1. The molecule has 0 amide bonds. The Kier molecular flexibility index (Phi) is 4.65. The van der Waals surface area contributed by atoms with Crippen LogP contribution in [0.3, 0.4) is 0 Å². The molecule has 0 radical (unpaired) electrons. The van der Waals surface area contributed by atoms with Gasteiger partial charge in [0.15, 0.2) is 23.2 Å². The van der Waals surface area contributed by atoms with Gasteiger partial charge in [0, 0.05) is 19.6 Å². The van der Waals surface area contributed by atoms with Crippen LogP contribution < -0.4 is 11.5 Å². The highest BCUT2D eigenvalue weighted by Crippen LogP contribution is 2.33. The number of imidazole rings is 1. The van der Waals surface area contributed by atoms with Crippen molar-refractivity contribution in [1.29, 1.82) is 0 Å². The minimum absolute atomic E-state index is 0.258. The van der Waals surface area contributed by atoms with E-state index in [0.717, 1.165) is 0 Å². The Morgan fingerprint density at radius 3 is 2.79 bits per heavy atom. The summed E-state index contributed by atoms with van der Waals surface area (Å²) in [7, 11) is 1.88. The first-order chi connectivity index (χ1) is 11.4. The van der Waals surface area contributed by atoms with Gasteiger partial charge in [0.2, 0.25) is 0 Å². The zero-order chi connectivity index (χ0) is 17.4. The van der Waals surface area contributed by atoms with Crippen LogP contribution in [-0.2, 0) is 4.74 Å². The number of aryl methyl sites for hydroxylation is 1. The smallest absolute Gasteiger partial charge is 0.167 e. The molecule has 10 nitrogen and oxygen atoms in total. The second-order valence-corrected chi connectivity index (χ2v) is 6.06. The molecule has 0 aromatic carbocycles. The maximum atomic E-state index is 10.5. The van der Waals surface area contributed by atoms with Crippen LogP contribution in [0.25, 0.3) is 11.2 Å². The quantitative estimate of drug-likeness (QED) is 0.497. The van der Waals surface area contributed by atoms with Gasteiger partial charge in [0.1, 0.15) is 30.5 Å². The lowest BCUT2D eigenvalue weighted by molar-refractivity contribution is -0.0429. The lowest BCUT2D eigenvalue weighted by atomic mass is 10.1. The van der Waals surface area contributed by atoms with Crippen molar-refractivity contribution >= 4 is 17.0 Å². The Morgan fingerprint density at radius 2 is 2.08 bits per heavy atom. The molecule has 0 spiro atoms. The molecule has 2 aromatic rings. The van der Waals surface area contributed by atoms with Gasteiger partial charge in [-0.3, -0.25) is 4.57 Å². The number of nitrogens with zero attached hydrogens (tertiary/aromatic N) is 5. The van der Waals surface area contributed by atoms with Gasteiger partial charge in [-0.25, -0.2) is 15.0 Å². The van der Waals surface area contributed by atoms with Crippen LogP contribution >= 0.6 is 0 Å². The average molecular weight is 337 g/mol. The first-order valence-electron chi connectivity index (χ1n) is 7.79. The molecule has 0 bridgehead atoms. The van der Waals surface area contributed by atoms with E-state index in [1.54, 1.807) is 11.5 Å². The molecule has 132 valence electrons. The largest absolute Gasteiger partial charge is 0.387 e. The van der Waals surface area contributed by atoms with Crippen molar-refractivity contribution in [3.8, 4) is 0 Å². The molecule has 1 aliphatic rings. The SMILES string of the molecule is Cc1nc2c(N)ncnc2n1[C@@H]1O[C@H](CN(C)CCN)C(O)C1O. The number of aliphatic hydroxyl groups is 2. The van der Waals surface area contributed by atoms with Crippen molar-refractivity contribution in [3.05, 3.63) is 12.2 Å². The van der Waals surface area contributed by atoms with Crippen LogP contribution in [-0.4, -0.2) is 79.6 Å². The molecule has 1 saturated heterocycles. The molecule has 2 unspecified atom stereocenters. The molecular weight excluding hydrogens is 314 g/mol. The van der Waals surface area contributed by atoms with E-state index in [-0.39, 0.29) is 5.82 Å². The summed E-state index contributed by atoms with van der Waals surface area (Å²) in [5.41, 5.74) is 12.3. The molecule has 3 heterocycles. The third kappa shape index (κ3) is 2.82. The van der Waals surface area contributed by atoms with Crippen molar-refractivity contribution in [2.45, 2.75) is 31.5 Å². The molecule has 0 aliphatic carbocycles. The van der Waals surface area contributed by atoms with E-state index in [1.807, 2.05) is 11.9 Å². The fraction of sp³-hybridized carbons (Fsp3) is 0.643.